The Hall–Kier alpha value is -3.58. The van der Waals surface area contributed by atoms with Crippen molar-refractivity contribution in [3.05, 3.63) is 66.0 Å². The van der Waals surface area contributed by atoms with E-state index in [-0.39, 0.29) is 43.0 Å². The van der Waals surface area contributed by atoms with Crippen LogP contribution in [0, 0.1) is 11.8 Å². The highest BCUT2D eigenvalue weighted by molar-refractivity contribution is 5.84. The first-order chi connectivity index (χ1) is 21.6. The molecule has 1 aliphatic heterocycles. The molecule has 2 heterocycles. The number of hydrogen-bond donors (Lipinski definition) is 4. The van der Waals surface area contributed by atoms with Crippen molar-refractivity contribution < 1.29 is 29.1 Å². The zero-order chi connectivity index (χ0) is 32.5. The average molecular weight is 625 g/mol. The molecule has 12 nitrogen and oxygen atoms in total. The molecule has 246 valence electrons. The van der Waals surface area contributed by atoms with Gasteiger partial charge in [0.25, 0.3) is 0 Å². The average Bonchev–Trinajstić information content (AvgIpc) is 3.64. The first-order valence-corrected chi connectivity index (χ1v) is 15.8. The van der Waals surface area contributed by atoms with Crippen molar-refractivity contribution in [2.75, 3.05) is 13.7 Å². The number of carbonyl (C=O) groups excluding carboxylic acids is 3. The standard InChI is InChI=1S/C33H48N6O6/c1-21(2)29(37-45-20-24-13-9-10-16-34-24)31(41)35-27(17-23-11-7-6-8-12-23)28(40)19-38-25-14-15-26(18-25)39(38)33(43)36-30(22(3)4)32(42)44-5/h6-13,16,21-22,25-30,37,40H,14-15,17-20H2,1-5H3,(H,35,41)(H,36,43)/t25?,26?,27-,28?,29-,30-/m0/s1. The minimum Gasteiger partial charge on any atom is -0.467 e. The summed E-state index contributed by atoms with van der Waals surface area (Å²) in [6, 6.07) is 12.7. The molecule has 3 unspecified atom stereocenters. The molecule has 2 fully saturated rings. The van der Waals surface area contributed by atoms with Crippen LogP contribution in [0.1, 0.15) is 58.2 Å². The molecule has 1 aliphatic carbocycles. The second kappa shape index (κ2) is 16.1. The predicted molar refractivity (Wildman–Crippen MR) is 168 cm³/mol. The maximum Gasteiger partial charge on any atom is 0.332 e. The lowest BCUT2D eigenvalue weighted by molar-refractivity contribution is -0.144. The van der Waals surface area contributed by atoms with Crippen LogP contribution in [0.3, 0.4) is 0 Å². The first kappa shape index (κ1) is 34.3. The number of carbonyl (C=O) groups is 3. The number of aliphatic hydroxyl groups is 1. The summed E-state index contributed by atoms with van der Waals surface area (Å²) in [4.78, 5) is 49.5. The molecule has 0 radical (unpaired) electrons. The summed E-state index contributed by atoms with van der Waals surface area (Å²) >= 11 is 0. The van der Waals surface area contributed by atoms with Gasteiger partial charge in [0.15, 0.2) is 0 Å². The van der Waals surface area contributed by atoms with Crippen LogP contribution >= 0.6 is 0 Å². The number of hydrazine groups is 1. The van der Waals surface area contributed by atoms with E-state index in [9.17, 15) is 19.5 Å². The summed E-state index contributed by atoms with van der Waals surface area (Å²) in [5.41, 5.74) is 4.57. The zero-order valence-corrected chi connectivity index (χ0v) is 26.9. The number of nitrogens with zero attached hydrogens (tertiary/aromatic N) is 3. The van der Waals surface area contributed by atoms with Crippen molar-refractivity contribution in [2.45, 2.75) is 96.3 Å². The van der Waals surface area contributed by atoms with Crippen LogP contribution < -0.4 is 16.1 Å². The fraction of sp³-hybridized carbons (Fsp3) is 0.576. The molecule has 4 N–H and O–H groups in total. The molecule has 2 aromatic rings. The number of methoxy groups -OCH3 is 1. The Labute approximate surface area is 265 Å². The monoisotopic (exact) mass is 624 g/mol. The molecule has 6 atom stereocenters. The van der Waals surface area contributed by atoms with E-state index >= 15 is 0 Å². The Morgan fingerprint density at radius 3 is 2.29 bits per heavy atom. The molecular weight excluding hydrogens is 576 g/mol. The number of aliphatic hydroxyl groups excluding tert-OH is 1. The lowest BCUT2D eigenvalue weighted by Gasteiger charge is -2.41. The number of hydrogen-bond acceptors (Lipinski definition) is 9. The summed E-state index contributed by atoms with van der Waals surface area (Å²) in [5.74, 6) is -1.08. The van der Waals surface area contributed by atoms with Gasteiger partial charge >= 0.3 is 12.0 Å². The van der Waals surface area contributed by atoms with Crippen molar-refractivity contribution in [2.24, 2.45) is 11.8 Å². The minimum atomic E-state index is -1.01. The number of esters is 1. The summed E-state index contributed by atoms with van der Waals surface area (Å²) in [5, 5.41) is 21.2. The van der Waals surface area contributed by atoms with Gasteiger partial charge in [0.2, 0.25) is 5.91 Å². The van der Waals surface area contributed by atoms with Crippen LogP contribution in [0.2, 0.25) is 0 Å². The van der Waals surface area contributed by atoms with Gasteiger partial charge in [-0.1, -0.05) is 64.1 Å². The van der Waals surface area contributed by atoms with Crippen molar-refractivity contribution in [3.63, 3.8) is 0 Å². The molecule has 0 spiro atoms. The molecule has 1 saturated heterocycles. The number of ether oxygens (including phenoxy) is 1. The fourth-order valence-electron chi connectivity index (χ4n) is 6.08. The normalized spacial score (nSPS) is 20.6. The number of aromatic nitrogens is 1. The van der Waals surface area contributed by atoms with Crippen molar-refractivity contribution in [3.8, 4) is 0 Å². The van der Waals surface area contributed by atoms with Crippen molar-refractivity contribution >= 4 is 17.9 Å². The third kappa shape index (κ3) is 9.00. The molecule has 3 amide bonds. The third-order valence-corrected chi connectivity index (χ3v) is 8.60. The number of β-amino-alcohol motifs (C(OH)–C–C–N with tert-alkyl or cyclic N) is 1. The summed E-state index contributed by atoms with van der Waals surface area (Å²) in [7, 11) is 1.30. The maximum atomic E-state index is 13.6. The molecule has 2 bridgehead atoms. The van der Waals surface area contributed by atoms with E-state index < -0.39 is 36.2 Å². The molecule has 12 heteroatoms. The van der Waals surface area contributed by atoms with Gasteiger partial charge in [0, 0.05) is 18.8 Å². The van der Waals surface area contributed by atoms with Crippen LogP contribution in [0.5, 0.6) is 0 Å². The molecule has 1 aromatic heterocycles. The lowest BCUT2D eigenvalue weighted by Crippen LogP contribution is -2.61. The van der Waals surface area contributed by atoms with Gasteiger partial charge in [-0.15, -0.1) is 0 Å². The third-order valence-electron chi connectivity index (χ3n) is 8.60. The number of hydroxylamine groups is 1. The number of amides is 3. The van der Waals surface area contributed by atoms with E-state index in [1.807, 2.05) is 81.2 Å². The van der Waals surface area contributed by atoms with Gasteiger partial charge < -0.3 is 20.5 Å². The van der Waals surface area contributed by atoms with Gasteiger partial charge in [0.1, 0.15) is 18.7 Å². The highest BCUT2D eigenvalue weighted by Gasteiger charge is 2.48. The summed E-state index contributed by atoms with van der Waals surface area (Å²) in [6.45, 7) is 7.85. The summed E-state index contributed by atoms with van der Waals surface area (Å²) < 4.78 is 4.92. The molecule has 4 rings (SSSR count). The van der Waals surface area contributed by atoms with Gasteiger partial charge in [-0.05, 0) is 55.2 Å². The number of rotatable bonds is 15. The van der Waals surface area contributed by atoms with Crippen LogP contribution in [0.15, 0.2) is 54.7 Å². The number of urea groups is 1. The number of nitrogens with one attached hydrogen (secondary N) is 3. The first-order valence-electron chi connectivity index (χ1n) is 15.8. The molecule has 2 aliphatic rings. The van der Waals surface area contributed by atoms with Crippen molar-refractivity contribution in [1.82, 2.24) is 31.1 Å². The topological polar surface area (TPSA) is 145 Å². The number of fused-ring (bicyclic) bond motifs is 2. The Morgan fingerprint density at radius 1 is 0.956 bits per heavy atom. The van der Waals surface area contributed by atoms with E-state index in [2.05, 4.69) is 21.1 Å². The van der Waals surface area contributed by atoms with E-state index in [0.717, 1.165) is 30.5 Å². The SMILES string of the molecule is COC(=O)[C@@H](NC(=O)N1C2CCC(C2)N1CC(O)[C@H](Cc1ccccc1)NC(=O)[C@@H](NOCc1ccccn1)C(C)C)C(C)C. The Balaban J connectivity index is 1.47. The van der Waals surface area contributed by atoms with Crippen molar-refractivity contribution in [1.29, 1.82) is 0 Å². The van der Waals surface area contributed by atoms with Crippen LogP contribution in [-0.2, 0) is 32.2 Å². The molecule has 45 heavy (non-hydrogen) atoms. The number of benzene rings is 1. The Morgan fingerprint density at radius 2 is 1.64 bits per heavy atom. The predicted octanol–water partition coefficient (Wildman–Crippen LogP) is 2.58. The largest absolute Gasteiger partial charge is 0.467 e. The molecular formula is C33H48N6O6. The minimum absolute atomic E-state index is 0.0272. The fourth-order valence-corrected chi connectivity index (χ4v) is 6.08. The lowest BCUT2D eigenvalue weighted by atomic mass is 9.98. The quantitative estimate of drug-likeness (QED) is 0.174. The van der Waals surface area contributed by atoms with Gasteiger partial charge in [-0.2, -0.15) is 5.48 Å². The maximum absolute atomic E-state index is 13.6. The highest BCUT2D eigenvalue weighted by Crippen LogP contribution is 2.38. The van der Waals surface area contributed by atoms with E-state index in [0.29, 0.717) is 6.42 Å². The zero-order valence-electron chi connectivity index (χ0n) is 26.9. The second-order valence-electron chi connectivity index (χ2n) is 12.6. The number of pyridine rings is 1. The summed E-state index contributed by atoms with van der Waals surface area (Å²) in [6.07, 6.45) is 3.59. The van der Waals surface area contributed by atoms with Crippen LogP contribution in [0.4, 0.5) is 4.79 Å². The van der Waals surface area contributed by atoms with Crippen LogP contribution in [-0.4, -0.2) is 88.0 Å². The Kier molecular flexibility index (Phi) is 12.3. The van der Waals surface area contributed by atoms with Gasteiger partial charge in [-0.25, -0.2) is 14.6 Å². The Bertz CT molecular complexity index is 1250. The highest BCUT2D eigenvalue weighted by atomic mass is 16.6. The molecule has 1 aromatic carbocycles. The van der Waals surface area contributed by atoms with Gasteiger partial charge in [0.05, 0.1) is 31.0 Å². The van der Waals surface area contributed by atoms with E-state index in [1.165, 1.54) is 7.11 Å². The molecule has 1 saturated carbocycles. The second-order valence-corrected chi connectivity index (χ2v) is 12.6. The van der Waals surface area contributed by atoms with E-state index in [4.69, 9.17) is 9.57 Å². The van der Waals surface area contributed by atoms with Crippen LogP contribution in [0.25, 0.3) is 0 Å². The van der Waals surface area contributed by atoms with E-state index in [1.54, 1.807) is 11.2 Å². The smallest absolute Gasteiger partial charge is 0.332 e. The van der Waals surface area contributed by atoms with Gasteiger partial charge in [-0.3, -0.25) is 19.6 Å².